The van der Waals surface area contributed by atoms with E-state index in [1.807, 2.05) is 0 Å². The third-order valence-electron chi connectivity index (χ3n) is 1.98. The highest BCUT2D eigenvalue weighted by atomic mass is 35.5. The Morgan fingerprint density at radius 1 is 1.29 bits per heavy atom. The van der Waals surface area contributed by atoms with Gasteiger partial charge in [0.15, 0.2) is 0 Å². The molecule has 0 atom stereocenters. The average molecular weight is 298 g/mol. The van der Waals surface area contributed by atoms with E-state index in [4.69, 9.17) is 27.9 Å². The SMILES string of the molecule is CCCS(=O)(=O)Nc1cc(Cl)c(OC)cc1Cl. The summed E-state index contributed by atoms with van der Waals surface area (Å²) in [6, 6.07) is 2.89. The molecule has 1 aromatic rings. The van der Waals surface area contributed by atoms with E-state index >= 15 is 0 Å². The highest BCUT2D eigenvalue weighted by Gasteiger charge is 2.13. The maximum Gasteiger partial charge on any atom is 0.232 e. The molecule has 0 aliphatic rings. The first kappa shape index (κ1) is 14.4. The molecule has 0 amide bonds. The predicted molar refractivity (Wildman–Crippen MR) is 70.7 cm³/mol. The second-order valence-corrected chi connectivity index (χ2v) is 6.04. The van der Waals surface area contributed by atoms with Gasteiger partial charge in [-0.3, -0.25) is 4.72 Å². The van der Waals surface area contributed by atoms with Crippen molar-refractivity contribution in [1.82, 2.24) is 0 Å². The molecule has 17 heavy (non-hydrogen) atoms. The Balaban J connectivity index is 3.04. The van der Waals surface area contributed by atoms with Crippen LogP contribution < -0.4 is 9.46 Å². The largest absolute Gasteiger partial charge is 0.495 e. The summed E-state index contributed by atoms with van der Waals surface area (Å²) in [5.74, 6) is 0.433. The molecule has 0 fully saturated rings. The molecule has 0 aliphatic heterocycles. The van der Waals surface area contributed by atoms with Crippen LogP contribution in [0.2, 0.25) is 10.0 Å². The average Bonchev–Trinajstić information content (AvgIpc) is 2.22. The van der Waals surface area contributed by atoms with Crippen molar-refractivity contribution in [3.63, 3.8) is 0 Å². The summed E-state index contributed by atoms with van der Waals surface area (Å²) in [4.78, 5) is 0. The molecule has 96 valence electrons. The van der Waals surface area contributed by atoms with E-state index in [2.05, 4.69) is 4.72 Å². The molecule has 0 saturated heterocycles. The lowest BCUT2D eigenvalue weighted by molar-refractivity contribution is 0.415. The second-order valence-electron chi connectivity index (χ2n) is 3.39. The fourth-order valence-electron chi connectivity index (χ4n) is 1.25. The Morgan fingerprint density at radius 3 is 2.47 bits per heavy atom. The zero-order valence-corrected chi connectivity index (χ0v) is 11.8. The van der Waals surface area contributed by atoms with E-state index in [1.54, 1.807) is 6.92 Å². The molecule has 0 bridgehead atoms. The van der Waals surface area contributed by atoms with Crippen molar-refractivity contribution < 1.29 is 13.2 Å². The lowest BCUT2D eigenvalue weighted by Crippen LogP contribution is -2.16. The normalized spacial score (nSPS) is 11.3. The number of halogens is 2. The molecule has 0 spiro atoms. The minimum absolute atomic E-state index is 0.0347. The van der Waals surface area contributed by atoms with E-state index in [-0.39, 0.29) is 16.5 Å². The van der Waals surface area contributed by atoms with E-state index in [0.29, 0.717) is 17.2 Å². The Morgan fingerprint density at radius 2 is 1.94 bits per heavy atom. The van der Waals surface area contributed by atoms with Crippen LogP contribution in [0.4, 0.5) is 5.69 Å². The summed E-state index contributed by atoms with van der Waals surface area (Å²) in [5, 5.41) is 0.539. The zero-order chi connectivity index (χ0) is 13.1. The first-order valence-corrected chi connectivity index (χ1v) is 7.34. The van der Waals surface area contributed by atoms with E-state index in [1.165, 1.54) is 19.2 Å². The summed E-state index contributed by atoms with van der Waals surface area (Å²) in [6.07, 6.45) is 0.525. The minimum Gasteiger partial charge on any atom is -0.495 e. The smallest absolute Gasteiger partial charge is 0.232 e. The molecule has 4 nitrogen and oxygen atoms in total. The highest BCUT2D eigenvalue weighted by molar-refractivity contribution is 7.92. The van der Waals surface area contributed by atoms with Gasteiger partial charge in [-0.1, -0.05) is 30.1 Å². The summed E-state index contributed by atoms with van der Waals surface area (Å²) in [6.45, 7) is 1.78. The standard InChI is InChI=1S/C10H13Cl2NO3S/c1-3-4-17(14,15)13-9-5-8(12)10(16-2)6-7(9)11/h5-6,13H,3-4H2,1-2H3. The van der Waals surface area contributed by atoms with Gasteiger partial charge < -0.3 is 4.74 Å². The minimum atomic E-state index is -3.38. The number of hydrogen-bond acceptors (Lipinski definition) is 3. The summed E-state index contributed by atoms with van der Waals surface area (Å²) < 4.78 is 30.5. The molecule has 7 heteroatoms. The van der Waals surface area contributed by atoms with Crippen LogP contribution in [-0.4, -0.2) is 21.3 Å². The van der Waals surface area contributed by atoms with Crippen LogP contribution in [0.1, 0.15) is 13.3 Å². The maximum absolute atomic E-state index is 11.6. The van der Waals surface area contributed by atoms with Crippen LogP contribution in [0.25, 0.3) is 0 Å². The van der Waals surface area contributed by atoms with Crippen molar-refractivity contribution in [3.05, 3.63) is 22.2 Å². The molecule has 0 aromatic heterocycles. The molecule has 0 radical (unpaired) electrons. The van der Waals surface area contributed by atoms with Gasteiger partial charge in [0.1, 0.15) is 5.75 Å². The van der Waals surface area contributed by atoms with Crippen LogP contribution in [0.3, 0.4) is 0 Å². The molecule has 0 heterocycles. The number of benzene rings is 1. The summed E-state index contributed by atoms with van der Waals surface area (Å²) >= 11 is 11.8. The van der Waals surface area contributed by atoms with Gasteiger partial charge in [-0.2, -0.15) is 0 Å². The molecule has 0 aliphatic carbocycles. The number of rotatable bonds is 5. The van der Waals surface area contributed by atoms with Gasteiger partial charge in [0, 0.05) is 6.07 Å². The number of methoxy groups -OCH3 is 1. The van der Waals surface area contributed by atoms with E-state index in [0.717, 1.165) is 0 Å². The molecule has 1 aromatic carbocycles. The molecule has 0 saturated carbocycles. The van der Waals surface area contributed by atoms with E-state index < -0.39 is 10.0 Å². The number of anilines is 1. The van der Waals surface area contributed by atoms with Crippen LogP contribution in [0.15, 0.2) is 12.1 Å². The third kappa shape index (κ3) is 3.94. The number of sulfonamides is 1. The number of nitrogens with one attached hydrogen (secondary N) is 1. The quantitative estimate of drug-likeness (QED) is 0.908. The van der Waals surface area contributed by atoms with Gasteiger partial charge in [0.2, 0.25) is 10.0 Å². The maximum atomic E-state index is 11.6. The van der Waals surface area contributed by atoms with Crippen molar-refractivity contribution in [1.29, 1.82) is 0 Å². The predicted octanol–water partition coefficient (Wildman–Crippen LogP) is 3.15. The highest BCUT2D eigenvalue weighted by Crippen LogP contribution is 2.34. The molecule has 0 unspecified atom stereocenters. The monoisotopic (exact) mass is 297 g/mol. The fraction of sp³-hybridized carbons (Fsp3) is 0.400. The number of ether oxygens (including phenoxy) is 1. The van der Waals surface area contributed by atoms with Crippen molar-refractivity contribution in [3.8, 4) is 5.75 Å². The van der Waals surface area contributed by atoms with Gasteiger partial charge in [0.25, 0.3) is 0 Å². The summed E-state index contributed by atoms with van der Waals surface area (Å²) in [5.41, 5.74) is 0.255. The van der Waals surface area contributed by atoms with Crippen molar-refractivity contribution >= 4 is 38.9 Å². The van der Waals surface area contributed by atoms with Crippen LogP contribution >= 0.6 is 23.2 Å². The van der Waals surface area contributed by atoms with E-state index in [9.17, 15) is 8.42 Å². The van der Waals surface area contributed by atoms with Gasteiger partial charge in [0.05, 0.1) is 28.6 Å². The van der Waals surface area contributed by atoms with Crippen LogP contribution in [-0.2, 0) is 10.0 Å². The number of hydrogen-bond donors (Lipinski definition) is 1. The Kier molecular flexibility index (Phi) is 4.91. The molecule has 1 rings (SSSR count). The molecular formula is C10H13Cl2NO3S. The zero-order valence-electron chi connectivity index (χ0n) is 9.46. The van der Waals surface area contributed by atoms with Crippen LogP contribution in [0, 0.1) is 0 Å². The second kappa shape index (κ2) is 5.80. The van der Waals surface area contributed by atoms with Gasteiger partial charge in [-0.25, -0.2) is 8.42 Å². The first-order chi connectivity index (χ1) is 7.89. The van der Waals surface area contributed by atoms with Gasteiger partial charge in [-0.05, 0) is 12.5 Å². The lowest BCUT2D eigenvalue weighted by atomic mass is 10.3. The Hall–Kier alpha value is -0.650. The molecular weight excluding hydrogens is 285 g/mol. The topological polar surface area (TPSA) is 55.4 Å². The Labute approximate surface area is 111 Å². The van der Waals surface area contributed by atoms with Crippen molar-refractivity contribution in [2.45, 2.75) is 13.3 Å². The summed E-state index contributed by atoms with van der Waals surface area (Å²) in [7, 11) is -1.92. The lowest BCUT2D eigenvalue weighted by Gasteiger charge is -2.11. The Bertz CT molecular complexity index is 503. The van der Waals surface area contributed by atoms with Gasteiger partial charge in [-0.15, -0.1) is 0 Å². The fourth-order valence-corrected chi connectivity index (χ4v) is 2.89. The van der Waals surface area contributed by atoms with Crippen LogP contribution in [0.5, 0.6) is 5.75 Å². The van der Waals surface area contributed by atoms with Crippen molar-refractivity contribution in [2.75, 3.05) is 17.6 Å². The third-order valence-corrected chi connectivity index (χ3v) is 4.06. The first-order valence-electron chi connectivity index (χ1n) is 4.93. The van der Waals surface area contributed by atoms with Gasteiger partial charge >= 0.3 is 0 Å². The van der Waals surface area contributed by atoms with Crippen molar-refractivity contribution in [2.24, 2.45) is 0 Å². The molecule has 1 N–H and O–H groups in total.